The van der Waals surface area contributed by atoms with E-state index in [9.17, 15) is 9.59 Å². The fourth-order valence-corrected chi connectivity index (χ4v) is 3.13. The smallest absolute Gasteiger partial charge is 0.338 e. The van der Waals surface area contributed by atoms with Gasteiger partial charge in [-0.05, 0) is 36.4 Å². The molecule has 0 aromatic heterocycles. The van der Waals surface area contributed by atoms with Gasteiger partial charge in [0.05, 0.1) is 12.7 Å². The molecule has 0 fully saturated rings. The zero-order valence-corrected chi connectivity index (χ0v) is 17.3. The van der Waals surface area contributed by atoms with Gasteiger partial charge in [0.2, 0.25) is 0 Å². The topological polar surface area (TPSA) is 61.8 Å². The van der Waals surface area contributed by atoms with E-state index in [-0.39, 0.29) is 18.1 Å². The molecular formula is C21H26O5Si. The minimum Gasteiger partial charge on any atom is -0.468 e. The molecule has 27 heavy (non-hydrogen) atoms. The van der Waals surface area contributed by atoms with Crippen LogP contribution in [0.15, 0.2) is 48.5 Å². The summed E-state index contributed by atoms with van der Waals surface area (Å²) < 4.78 is 15.8. The van der Waals surface area contributed by atoms with Gasteiger partial charge in [-0.15, -0.1) is 0 Å². The fraction of sp³-hybridized carbons (Fsp3) is 0.333. The summed E-state index contributed by atoms with van der Waals surface area (Å²) in [6.07, 6.45) is 0. The Morgan fingerprint density at radius 1 is 0.926 bits per heavy atom. The fourth-order valence-electron chi connectivity index (χ4n) is 2.37. The first-order valence-electron chi connectivity index (χ1n) is 8.84. The summed E-state index contributed by atoms with van der Waals surface area (Å²) in [5.41, 5.74) is 1.03. The Morgan fingerprint density at radius 2 is 1.56 bits per heavy atom. The molecule has 0 saturated heterocycles. The molecule has 0 atom stereocenters. The van der Waals surface area contributed by atoms with Crippen molar-refractivity contribution < 1.29 is 23.8 Å². The summed E-state index contributed by atoms with van der Waals surface area (Å²) >= 11 is 0. The molecule has 5 nitrogen and oxygen atoms in total. The molecule has 2 aromatic carbocycles. The molecule has 0 spiro atoms. The third kappa shape index (κ3) is 6.34. The van der Waals surface area contributed by atoms with Gasteiger partial charge in [-0.1, -0.05) is 37.8 Å². The molecular weight excluding hydrogens is 360 g/mol. The first-order valence-corrected chi connectivity index (χ1v) is 12.6. The number of carbonyl (C=O) groups is 2. The average molecular weight is 387 g/mol. The van der Waals surface area contributed by atoms with Crippen LogP contribution in [0.1, 0.15) is 26.3 Å². The molecule has 144 valence electrons. The van der Waals surface area contributed by atoms with Gasteiger partial charge in [0.25, 0.3) is 0 Å². The highest BCUT2D eigenvalue weighted by molar-refractivity contribution is 6.76. The van der Waals surface area contributed by atoms with E-state index in [4.69, 9.17) is 14.2 Å². The summed E-state index contributed by atoms with van der Waals surface area (Å²) in [5.74, 6) is -0.149. The molecule has 0 aliphatic rings. The second-order valence-corrected chi connectivity index (χ2v) is 13.0. The van der Waals surface area contributed by atoms with Crippen molar-refractivity contribution in [3.63, 3.8) is 0 Å². The van der Waals surface area contributed by atoms with E-state index in [1.807, 2.05) is 0 Å². The first-order chi connectivity index (χ1) is 12.8. The van der Waals surface area contributed by atoms with Crippen LogP contribution >= 0.6 is 0 Å². The van der Waals surface area contributed by atoms with Crippen LogP contribution in [0.5, 0.6) is 5.75 Å². The Kier molecular flexibility index (Phi) is 7.33. The Bertz CT molecular complexity index is 778. The highest BCUT2D eigenvalue weighted by atomic mass is 28.3. The van der Waals surface area contributed by atoms with Crippen LogP contribution in [-0.2, 0) is 9.47 Å². The minimum atomic E-state index is -1.11. The van der Waals surface area contributed by atoms with Crippen LogP contribution < -0.4 is 4.74 Å². The maximum atomic E-state index is 12.7. The minimum absolute atomic E-state index is 0.183. The molecule has 0 radical (unpaired) electrons. The summed E-state index contributed by atoms with van der Waals surface area (Å²) in [5, 5.41) is 0. The molecule has 0 heterocycles. The summed E-state index contributed by atoms with van der Waals surface area (Å²) in [4.78, 5) is 24.6. The van der Waals surface area contributed by atoms with E-state index in [1.54, 1.807) is 48.5 Å². The number of hydrogen-bond acceptors (Lipinski definition) is 5. The van der Waals surface area contributed by atoms with Crippen LogP contribution in [0.2, 0.25) is 25.7 Å². The second-order valence-electron chi connectivity index (χ2n) is 7.37. The largest absolute Gasteiger partial charge is 0.468 e. The van der Waals surface area contributed by atoms with Gasteiger partial charge in [0, 0.05) is 25.8 Å². The van der Waals surface area contributed by atoms with Crippen molar-refractivity contribution >= 4 is 19.8 Å². The van der Waals surface area contributed by atoms with E-state index in [0.717, 1.165) is 6.04 Å². The molecule has 6 heteroatoms. The third-order valence-corrected chi connectivity index (χ3v) is 5.70. The van der Waals surface area contributed by atoms with Crippen LogP contribution in [0, 0.1) is 0 Å². The lowest BCUT2D eigenvalue weighted by Crippen LogP contribution is -2.22. The van der Waals surface area contributed by atoms with Gasteiger partial charge < -0.3 is 14.2 Å². The SMILES string of the molecule is COC(=O)c1ccccc1C(=O)c1ccc(OCOCC[Si](C)(C)C)cc1. The maximum absolute atomic E-state index is 12.7. The van der Waals surface area contributed by atoms with Crippen molar-refractivity contribution in [1.29, 1.82) is 0 Å². The molecule has 0 aliphatic heterocycles. The number of methoxy groups -OCH3 is 1. The van der Waals surface area contributed by atoms with Crippen molar-refractivity contribution in [2.24, 2.45) is 0 Å². The molecule has 2 aromatic rings. The molecule has 0 unspecified atom stereocenters. The number of ether oxygens (including phenoxy) is 3. The van der Waals surface area contributed by atoms with Gasteiger partial charge in [-0.3, -0.25) is 4.79 Å². The van der Waals surface area contributed by atoms with E-state index < -0.39 is 14.0 Å². The van der Waals surface area contributed by atoms with E-state index in [2.05, 4.69) is 19.6 Å². The van der Waals surface area contributed by atoms with Crippen molar-refractivity contribution in [2.75, 3.05) is 20.5 Å². The molecule has 0 aliphatic carbocycles. The average Bonchev–Trinajstić information content (AvgIpc) is 2.66. The normalized spacial score (nSPS) is 11.1. The van der Waals surface area contributed by atoms with Crippen molar-refractivity contribution in [1.82, 2.24) is 0 Å². The number of ketones is 1. The molecule has 2 rings (SSSR count). The number of hydrogen-bond donors (Lipinski definition) is 0. The Balaban J connectivity index is 1.97. The van der Waals surface area contributed by atoms with Crippen LogP contribution in [0.4, 0.5) is 0 Å². The number of benzene rings is 2. The Morgan fingerprint density at radius 3 is 2.15 bits per heavy atom. The Hall–Kier alpha value is -2.44. The molecule has 0 amide bonds. The molecule has 0 saturated carbocycles. The predicted octanol–water partition coefficient (Wildman–Crippen LogP) is 4.40. The number of esters is 1. The van der Waals surface area contributed by atoms with Crippen LogP contribution in [0.3, 0.4) is 0 Å². The lowest BCUT2D eigenvalue weighted by molar-refractivity contribution is 0.0220. The van der Waals surface area contributed by atoms with E-state index in [0.29, 0.717) is 23.5 Å². The summed E-state index contributed by atoms with van der Waals surface area (Å²) in [6.45, 7) is 7.77. The number of rotatable bonds is 9. The maximum Gasteiger partial charge on any atom is 0.338 e. The van der Waals surface area contributed by atoms with Gasteiger partial charge >= 0.3 is 5.97 Å². The highest BCUT2D eigenvalue weighted by Crippen LogP contribution is 2.19. The predicted molar refractivity (Wildman–Crippen MR) is 107 cm³/mol. The quantitative estimate of drug-likeness (QED) is 0.210. The van der Waals surface area contributed by atoms with E-state index in [1.165, 1.54) is 7.11 Å². The van der Waals surface area contributed by atoms with Crippen molar-refractivity contribution in [3.8, 4) is 5.75 Å². The van der Waals surface area contributed by atoms with Crippen LogP contribution in [0.25, 0.3) is 0 Å². The second kappa shape index (κ2) is 9.48. The Labute approximate surface area is 161 Å². The van der Waals surface area contributed by atoms with Crippen molar-refractivity contribution in [2.45, 2.75) is 25.7 Å². The van der Waals surface area contributed by atoms with Gasteiger partial charge in [0.15, 0.2) is 12.6 Å². The third-order valence-electron chi connectivity index (χ3n) is 4.00. The van der Waals surface area contributed by atoms with E-state index >= 15 is 0 Å². The monoisotopic (exact) mass is 386 g/mol. The lowest BCUT2D eigenvalue weighted by atomic mass is 9.98. The summed E-state index contributed by atoms with van der Waals surface area (Å²) in [7, 11) is 0.188. The van der Waals surface area contributed by atoms with Crippen LogP contribution in [-0.4, -0.2) is 40.3 Å². The highest BCUT2D eigenvalue weighted by Gasteiger charge is 2.18. The molecule has 0 bridgehead atoms. The molecule has 0 N–H and O–H groups in total. The van der Waals surface area contributed by atoms with Gasteiger partial charge in [-0.2, -0.15) is 0 Å². The van der Waals surface area contributed by atoms with Gasteiger partial charge in [-0.25, -0.2) is 4.79 Å². The van der Waals surface area contributed by atoms with Gasteiger partial charge in [0.1, 0.15) is 5.75 Å². The lowest BCUT2D eigenvalue weighted by Gasteiger charge is -2.15. The standard InChI is InChI=1S/C21H26O5Si/c1-24-21(23)19-8-6-5-7-18(19)20(22)16-9-11-17(12-10-16)26-15-25-13-14-27(2,3)4/h5-12H,13-15H2,1-4H3. The summed E-state index contributed by atoms with van der Waals surface area (Å²) in [6, 6.07) is 14.5. The van der Waals surface area contributed by atoms with Crippen molar-refractivity contribution in [3.05, 3.63) is 65.2 Å². The zero-order chi connectivity index (χ0) is 19.9. The number of carbonyl (C=O) groups excluding carboxylic acids is 2. The zero-order valence-electron chi connectivity index (χ0n) is 16.3. The first kappa shape index (κ1) is 20.9.